The molecule has 0 unspecified atom stereocenters. The summed E-state index contributed by atoms with van der Waals surface area (Å²) in [5, 5.41) is 1.54. The number of anilines is 1. The van der Waals surface area contributed by atoms with Crippen molar-refractivity contribution in [2.45, 2.75) is 6.18 Å². The maximum atomic E-state index is 13.1. The van der Waals surface area contributed by atoms with E-state index in [-0.39, 0.29) is 22.9 Å². The van der Waals surface area contributed by atoms with Crippen LogP contribution >= 0.6 is 27.7 Å². The zero-order chi connectivity index (χ0) is 27.3. The minimum atomic E-state index is -4.65. The molecule has 2 aromatic carbocycles. The zero-order valence-electron chi connectivity index (χ0n) is 19.3. The summed E-state index contributed by atoms with van der Waals surface area (Å²) in [6.07, 6.45) is 2.00. The van der Waals surface area contributed by atoms with Crippen LogP contribution in [0.15, 0.2) is 39.7 Å². The van der Waals surface area contributed by atoms with E-state index in [9.17, 15) is 27.6 Å². The maximum Gasteiger partial charge on any atom is 0.416 e. The summed E-state index contributed by atoms with van der Waals surface area (Å²) in [5.74, 6) is 1.36. The Balaban J connectivity index is 1.78. The first-order valence-corrected chi connectivity index (χ1v) is 11.8. The van der Waals surface area contributed by atoms with Gasteiger partial charge in [-0.1, -0.05) is 5.92 Å². The number of hydrogen-bond donors (Lipinski definition) is 1. The van der Waals surface area contributed by atoms with Crippen molar-refractivity contribution in [2.24, 2.45) is 0 Å². The monoisotopic (exact) mass is 598 g/mol. The van der Waals surface area contributed by atoms with E-state index in [1.54, 1.807) is 12.1 Å². The Bertz CT molecular complexity index is 1320. The van der Waals surface area contributed by atoms with E-state index in [0.29, 0.717) is 44.3 Å². The lowest BCUT2D eigenvalue weighted by atomic mass is 10.1. The van der Waals surface area contributed by atoms with Crippen LogP contribution in [0.5, 0.6) is 17.2 Å². The van der Waals surface area contributed by atoms with Crippen LogP contribution in [0.3, 0.4) is 0 Å². The molecule has 0 bridgehead atoms. The highest BCUT2D eigenvalue weighted by Crippen LogP contribution is 2.39. The molecule has 0 spiro atoms. The van der Waals surface area contributed by atoms with Crippen LogP contribution in [0.25, 0.3) is 6.08 Å². The van der Waals surface area contributed by atoms with Gasteiger partial charge in [0.05, 0.1) is 34.8 Å². The molecule has 1 fully saturated rings. The van der Waals surface area contributed by atoms with E-state index < -0.39 is 35.3 Å². The number of nitrogens with one attached hydrogen (secondary N) is 1. The van der Waals surface area contributed by atoms with E-state index in [1.807, 2.05) is 0 Å². The highest BCUT2D eigenvalue weighted by atomic mass is 79.9. The number of benzene rings is 2. The molecule has 1 aliphatic heterocycles. The summed E-state index contributed by atoms with van der Waals surface area (Å²) in [6, 6.07) is 5.74. The average Bonchev–Trinajstić information content (AvgIpc) is 3.09. The Kier molecular flexibility index (Phi) is 8.77. The number of hydrogen-bond acceptors (Lipinski definition) is 7. The second-order valence-corrected chi connectivity index (χ2v) is 9.10. The molecule has 0 saturated carbocycles. The molecular formula is C24H18BrF3N2O6S. The van der Waals surface area contributed by atoms with Gasteiger partial charge in [-0.3, -0.25) is 19.3 Å². The molecule has 0 aliphatic carbocycles. The van der Waals surface area contributed by atoms with E-state index >= 15 is 0 Å². The molecule has 0 radical (unpaired) electrons. The van der Waals surface area contributed by atoms with Gasteiger partial charge in [0.15, 0.2) is 11.5 Å². The van der Waals surface area contributed by atoms with Gasteiger partial charge in [0.25, 0.3) is 11.1 Å². The van der Waals surface area contributed by atoms with Crippen molar-refractivity contribution in [1.29, 1.82) is 0 Å². The van der Waals surface area contributed by atoms with Crippen molar-refractivity contribution in [1.82, 2.24) is 4.90 Å². The van der Waals surface area contributed by atoms with E-state index in [4.69, 9.17) is 20.6 Å². The van der Waals surface area contributed by atoms with Crippen LogP contribution in [0, 0.1) is 12.3 Å². The van der Waals surface area contributed by atoms with Gasteiger partial charge < -0.3 is 19.5 Å². The number of ether oxygens (including phenoxy) is 3. The highest BCUT2D eigenvalue weighted by Gasteiger charge is 2.37. The first kappa shape index (κ1) is 27.9. The summed E-state index contributed by atoms with van der Waals surface area (Å²) in [5.41, 5.74) is -0.774. The van der Waals surface area contributed by atoms with Crippen molar-refractivity contribution >= 4 is 56.5 Å². The Morgan fingerprint density at radius 2 is 1.89 bits per heavy atom. The molecule has 13 heteroatoms. The zero-order valence-corrected chi connectivity index (χ0v) is 21.7. The summed E-state index contributed by atoms with van der Waals surface area (Å²) in [7, 11) is 2.64. The molecule has 1 aliphatic rings. The summed E-state index contributed by atoms with van der Waals surface area (Å²) < 4.78 is 55.4. The molecule has 1 heterocycles. The number of imide groups is 1. The molecule has 1 saturated heterocycles. The second-order valence-electron chi connectivity index (χ2n) is 7.26. The van der Waals surface area contributed by atoms with Gasteiger partial charge in [-0.2, -0.15) is 13.2 Å². The summed E-state index contributed by atoms with van der Waals surface area (Å²) in [4.78, 5) is 38.5. The lowest BCUT2D eigenvalue weighted by Crippen LogP contribution is -2.36. The average molecular weight is 599 g/mol. The number of carbonyl (C=O) groups excluding carboxylic acids is 3. The van der Waals surface area contributed by atoms with Gasteiger partial charge >= 0.3 is 6.18 Å². The largest absolute Gasteiger partial charge is 0.495 e. The molecular weight excluding hydrogens is 581 g/mol. The van der Waals surface area contributed by atoms with Gasteiger partial charge in [0.2, 0.25) is 5.91 Å². The summed E-state index contributed by atoms with van der Waals surface area (Å²) >= 11 is 3.95. The molecule has 3 rings (SSSR count). The van der Waals surface area contributed by atoms with E-state index in [0.717, 1.165) is 12.1 Å². The minimum Gasteiger partial charge on any atom is -0.495 e. The van der Waals surface area contributed by atoms with E-state index in [2.05, 4.69) is 27.2 Å². The number of carbonyl (C=O) groups is 3. The van der Waals surface area contributed by atoms with Crippen molar-refractivity contribution in [3.05, 3.63) is 50.8 Å². The normalized spacial score (nSPS) is 14.5. The van der Waals surface area contributed by atoms with Gasteiger partial charge in [-0.15, -0.1) is 6.42 Å². The van der Waals surface area contributed by atoms with Crippen LogP contribution < -0.4 is 19.5 Å². The fourth-order valence-electron chi connectivity index (χ4n) is 3.18. The number of methoxy groups -OCH3 is 2. The third kappa shape index (κ3) is 6.58. The van der Waals surface area contributed by atoms with Crippen LogP contribution in [-0.4, -0.2) is 49.3 Å². The van der Waals surface area contributed by atoms with Crippen molar-refractivity contribution in [3.8, 4) is 29.6 Å². The smallest absolute Gasteiger partial charge is 0.416 e. The fourth-order valence-corrected chi connectivity index (χ4v) is 4.59. The molecule has 0 atom stereocenters. The quantitative estimate of drug-likeness (QED) is 0.331. The van der Waals surface area contributed by atoms with Crippen LogP contribution in [0.1, 0.15) is 11.1 Å². The third-order valence-corrected chi connectivity index (χ3v) is 6.32. The number of rotatable bonds is 8. The fraction of sp³-hybridized carbons (Fsp3) is 0.208. The van der Waals surface area contributed by atoms with Gasteiger partial charge in [0, 0.05) is 0 Å². The van der Waals surface area contributed by atoms with Crippen LogP contribution in [-0.2, 0) is 15.8 Å². The number of alkyl halides is 3. The summed E-state index contributed by atoms with van der Waals surface area (Å²) in [6.45, 7) is -0.713. The number of thioether (sulfide) groups is 1. The second kappa shape index (κ2) is 11.6. The number of nitrogens with zero attached hydrogens (tertiary/aromatic N) is 1. The maximum absolute atomic E-state index is 13.1. The minimum absolute atomic E-state index is 0.00162. The SMILES string of the molecule is C#CCOc1c(Br)cc(/C=C2\SC(=O)N(CC(=O)Nc3cc(C(F)(F)F)ccc3OC)C2=O)cc1OC. The Morgan fingerprint density at radius 1 is 1.19 bits per heavy atom. The predicted molar refractivity (Wildman–Crippen MR) is 134 cm³/mol. The molecule has 8 nitrogen and oxygen atoms in total. The molecule has 37 heavy (non-hydrogen) atoms. The molecule has 0 aromatic heterocycles. The van der Waals surface area contributed by atoms with Crippen molar-refractivity contribution in [3.63, 3.8) is 0 Å². The van der Waals surface area contributed by atoms with E-state index in [1.165, 1.54) is 20.3 Å². The number of halogens is 4. The first-order valence-electron chi connectivity index (χ1n) is 10.2. The molecule has 194 valence electrons. The Morgan fingerprint density at radius 3 is 2.51 bits per heavy atom. The lowest BCUT2D eigenvalue weighted by molar-refractivity contribution is -0.137. The topological polar surface area (TPSA) is 94.2 Å². The van der Waals surface area contributed by atoms with Crippen LogP contribution in [0.4, 0.5) is 23.7 Å². The van der Waals surface area contributed by atoms with Crippen molar-refractivity contribution < 1.29 is 41.8 Å². The third-order valence-electron chi connectivity index (χ3n) is 4.83. The Hall–Kier alpha value is -3.63. The molecule has 2 aromatic rings. The van der Waals surface area contributed by atoms with Gasteiger partial charge in [0.1, 0.15) is 18.9 Å². The lowest BCUT2D eigenvalue weighted by Gasteiger charge is -2.16. The van der Waals surface area contributed by atoms with Crippen molar-refractivity contribution in [2.75, 3.05) is 32.7 Å². The van der Waals surface area contributed by atoms with Gasteiger partial charge in [-0.25, -0.2) is 0 Å². The van der Waals surface area contributed by atoms with Gasteiger partial charge in [-0.05, 0) is 69.7 Å². The standard InChI is InChI=1S/C24H18BrF3N2O6S/c1-4-7-36-21-15(25)8-13(9-18(21)35-3)10-19-22(32)30(23(33)37-19)12-20(31)29-16-11-14(24(26,27)28)5-6-17(16)34-2/h1,5-6,8-11H,7,12H2,2-3H3,(H,29,31)/b19-10-. The molecule has 3 amide bonds. The predicted octanol–water partition coefficient (Wildman–Crippen LogP) is 5.17. The molecule has 1 N–H and O–H groups in total. The number of amides is 3. The first-order chi connectivity index (χ1) is 17.5. The van der Waals surface area contributed by atoms with Crippen LogP contribution in [0.2, 0.25) is 0 Å². The Labute approximate surface area is 222 Å². The number of terminal acetylenes is 1. The highest BCUT2D eigenvalue weighted by molar-refractivity contribution is 9.10.